The van der Waals surface area contributed by atoms with Crippen molar-refractivity contribution in [1.82, 2.24) is 25.3 Å². The third-order valence-electron chi connectivity index (χ3n) is 3.44. The Kier molecular flexibility index (Phi) is 4.52. The molecule has 0 spiro atoms. The smallest absolute Gasteiger partial charge is 0.234 e. The lowest BCUT2D eigenvalue weighted by Crippen LogP contribution is -2.13. The summed E-state index contributed by atoms with van der Waals surface area (Å²) in [5.74, 6) is 2.74. The van der Waals surface area contributed by atoms with Crippen LogP contribution in [0.15, 0.2) is 27.3 Å². The molecule has 3 aromatic heterocycles. The Hall–Kier alpha value is -2.42. The molecule has 126 valence electrons. The highest BCUT2D eigenvalue weighted by Crippen LogP contribution is 2.28. The van der Waals surface area contributed by atoms with Gasteiger partial charge in [-0.3, -0.25) is 10.00 Å². The highest BCUT2D eigenvalue weighted by atomic mass is 79.9. The van der Waals surface area contributed by atoms with Gasteiger partial charge in [-0.2, -0.15) is 10.1 Å². The zero-order valence-corrected chi connectivity index (χ0v) is 15.4. The molecular weight excluding hydrogens is 374 g/mol. The highest BCUT2D eigenvalue weighted by molar-refractivity contribution is 9.10. The largest absolute Gasteiger partial charge is 0.338 e. The summed E-state index contributed by atoms with van der Waals surface area (Å²) < 4.78 is 5.98. The summed E-state index contributed by atoms with van der Waals surface area (Å²) in [4.78, 5) is 10.6. The molecule has 0 aliphatic rings. The first kappa shape index (κ1) is 16.4. The molecule has 0 unspecified atom stereocenters. The van der Waals surface area contributed by atoms with Crippen molar-refractivity contribution in [3.8, 4) is 0 Å². The second-order valence-electron chi connectivity index (χ2n) is 5.72. The van der Waals surface area contributed by atoms with Crippen LogP contribution in [0.1, 0.15) is 31.2 Å². The van der Waals surface area contributed by atoms with Crippen molar-refractivity contribution in [2.75, 3.05) is 17.3 Å². The first-order chi connectivity index (χ1) is 11.4. The van der Waals surface area contributed by atoms with E-state index in [0.717, 1.165) is 15.9 Å². The van der Waals surface area contributed by atoms with E-state index in [1.807, 2.05) is 26.1 Å². The fraction of sp³-hybridized carbons (Fsp3) is 0.333. The Balaban J connectivity index is 1.85. The van der Waals surface area contributed by atoms with Gasteiger partial charge in [-0.05, 0) is 28.8 Å². The van der Waals surface area contributed by atoms with Crippen molar-refractivity contribution in [2.45, 2.75) is 26.7 Å². The van der Waals surface area contributed by atoms with Gasteiger partial charge >= 0.3 is 0 Å². The monoisotopic (exact) mass is 391 g/mol. The Bertz CT molecular complexity index is 842. The molecule has 0 aliphatic heterocycles. The molecule has 3 aromatic rings. The standard InChI is InChI=1S/C15H18BrN7O/c1-8(2)11-6-12(21-20-11)18-14-10(16)7-17-15(19-14)23(4)13-5-9(3)22-24-13/h5-8H,1-4H3,(H2,17,18,19,20,21). The van der Waals surface area contributed by atoms with Crippen molar-refractivity contribution >= 4 is 39.4 Å². The van der Waals surface area contributed by atoms with Crippen LogP contribution in [0.4, 0.5) is 23.5 Å². The van der Waals surface area contributed by atoms with Crippen LogP contribution >= 0.6 is 15.9 Å². The van der Waals surface area contributed by atoms with Crippen LogP contribution < -0.4 is 10.2 Å². The van der Waals surface area contributed by atoms with Gasteiger partial charge in [-0.15, -0.1) is 0 Å². The number of aromatic amines is 1. The number of nitrogens with zero attached hydrogens (tertiary/aromatic N) is 5. The number of rotatable bonds is 5. The van der Waals surface area contributed by atoms with Gasteiger partial charge in [0.15, 0.2) is 11.6 Å². The maximum atomic E-state index is 5.24. The van der Waals surface area contributed by atoms with Gasteiger partial charge in [0, 0.05) is 31.1 Å². The number of hydrogen-bond donors (Lipinski definition) is 2. The Labute approximate surface area is 147 Å². The van der Waals surface area contributed by atoms with Gasteiger partial charge in [0.25, 0.3) is 0 Å². The van der Waals surface area contributed by atoms with Gasteiger partial charge in [0.2, 0.25) is 11.8 Å². The Morgan fingerprint density at radius 2 is 2.12 bits per heavy atom. The third-order valence-corrected chi connectivity index (χ3v) is 4.02. The number of H-pyrrole nitrogens is 1. The lowest BCUT2D eigenvalue weighted by atomic mass is 10.1. The van der Waals surface area contributed by atoms with Crippen LogP contribution in [0.3, 0.4) is 0 Å². The zero-order chi connectivity index (χ0) is 17.3. The molecule has 24 heavy (non-hydrogen) atoms. The Morgan fingerprint density at radius 3 is 2.75 bits per heavy atom. The van der Waals surface area contributed by atoms with E-state index in [4.69, 9.17) is 4.52 Å². The van der Waals surface area contributed by atoms with E-state index in [0.29, 0.717) is 29.4 Å². The Morgan fingerprint density at radius 1 is 1.33 bits per heavy atom. The topological polar surface area (TPSA) is 95.8 Å². The van der Waals surface area contributed by atoms with Crippen molar-refractivity contribution in [2.24, 2.45) is 0 Å². The molecule has 0 fully saturated rings. The summed E-state index contributed by atoms with van der Waals surface area (Å²) in [5, 5.41) is 14.3. The number of halogens is 1. The fourth-order valence-corrected chi connectivity index (χ4v) is 2.32. The van der Waals surface area contributed by atoms with Crippen molar-refractivity contribution in [3.05, 3.63) is 34.2 Å². The molecule has 0 radical (unpaired) electrons. The minimum absolute atomic E-state index is 0.373. The van der Waals surface area contributed by atoms with E-state index < -0.39 is 0 Å². The lowest BCUT2D eigenvalue weighted by molar-refractivity contribution is 0.420. The van der Waals surface area contributed by atoms with Crippen molar-refractivity contribution < 1.29 is 4.52 Å². The second kappa shape index (κ2) is 6.60. The molecule has 2 N–H and O–H groups in total. The van der Waals surface area contributed by atoms with Crippen LogP contribution in [-0.4, -0.2) is 32.4 Å². The average Bonchev–Trinajstić information content (AvgIpc) is 3.18. The van der Waals surface area contributed by atoms with Crippen LogP contribution in [0.25, 0.3) is 0 Å². The minimum atomic E-state index is 0.373. The number of aryl methyl sites for hydroxylation is 1. The molecule has 0 aromatic carbocycles. The molecule has 9 heteroatoms. The van der Waals surface area contributed by atoms with Crippen molar-refractivity contribution in [1.29, 1.82) is 0 Å². The summed E-state index contributed by atoms with van der Waals surface area (Å²) in [6.07, 6.45) is 1.68. The predicted molar refractivity (Wildman–Crippen MR) is 95.0 cm³/mol. The second-order valence-corrected chi connectivity index (χ2v) is 6.57. The number of nitrogens with one attached hydrogen (secondary N) is 2. The molecule has 0 atom stereocenters. The quantitative estimate of drug-likeness (QED) is 0.680. The van der Waals surface area contributed by atoms with E-state index in [1.165, 1.54) is 0 Å². The predicted octanol–water partition coefficient (Wildman–Crippen LogP) is 3.89. The molecule has 8 nitrogen and oxygen atoms in total. The van der Waals surface area contributed by atoms with E-state index in [2.05, 4.69) is 60.4 Å². The molecule has 3 rings (SSSR count). The van der Waals surface area contributed by atoms with Gasteiger partial charge < -0.3 is 9.84 Å². The molecule has 0 bridgehead atoms. The summed E-state index contributed by atoms with van der Waals surface area (Å²) in [5.41, 5.74) is 1.85. The lowest BCUT2D eigenvalue weighted by Gasteiger charge is -2.14. The number of aromatic nitrogens is 5. The van der Waals surface area contributed by atoms with Gasteiger partial charge in [0.05, 0.1) is 10.2 Å². The molecular formula is C15H18BrN7O. The molecule has 0 aliphatic carbocycles. The van der Waals surface area contributed by atoms with E-state index in [-0.39, 0.29) is 0 Å². The minimum Gasteiger partial charge on any atom is -0.338 e. The first-order valence-electron chi connectivity index (χ1n) is 7.46. The number of anilines is 4. The van der Waals surface area contributed by atoms with Gasteiger partial charge in [-0.25, -0.2) is 4.98 Å². The van der Waals surface area contributed by atoms with Crippen molar-refractivity contribution in [3.63, 3.8) is 0 Å². The summed E-state index contributed by atoms with van der Waals surface area (Å²) >= 11 is 3.45. The zero-order valence-electron chi connectivity index (χ0n) is 13.8. The summed E-state index contributed by atoms with van der Waals surface area (Å²) in [6.45, 7) is 6.06. The normalized spacial score (nSPS) is 11.1. The average molecular weight is 392 g/mol. The molecule has 0 saturated carbocycles. The van der Waals surface area contributed by atoms with Crippen LogP contribution in [0.2, 0.25) is 0 Å². The fourth-order valence-electron chi connectivity index (χ4n) is 2.03. The molecule has 3 heterocycles. The molecule has 0 amide bonds. The SMILES string of the molecule is Cc1cc(N(C)c2ncc(Br)c(Nc3cc(C(C)C)[nH]n3)n2)on1. The van der Waals surface area contributed by atoms with Crippen LogP contribution in [0, 0.1) is 6.92 Å². The van der Waals surface area contributed by atoms with Crippen LogP contribution in [-0.2, 0) is 0 Å². The van der Waals surface area contributed by atoms with E-state index in [1.54, 1.807) is 11.1 Å². The maximum Gasteiger partial charge on any atom is 0.234 e. The number of hydrogen-bond acceptors (Lipinski definition) is 7. The van der Waals surface area contributed by atoms with Gasteiger partial charge in [-0.1, -0.05) is 19.0 Å². The molecule has 0 saturated heterocycles. The first-order valence-corrected chi connectivity index (χ1v) is 8.25. The third kappa shape index (κ3) is 3.40. The van der Waals surface area contributed by atoms with Gasteiger partial charge in [0.1, 0.15) is 0 Å². The highest BCUT2D eigenvalue weighted by Gasteiger charge is 2.15. The van der Waals surface area contributed by atoms with Crippen LogP contribution in [0.5, 0.6) is 0 Å². The summed E-state index contributed by atoms with van der Waals surface area (Å²) in [7, 11) is 1.82. The summed E-state index contributed by atoms with van der Waals surface area (Å²) in [6, 6.07) is 3.78. The van der Waals surface area contributed by atoms with E-state index >= 15 is 0 Å². The maximum absolute atomic E-state index is 5.24. The van der Waals surface area contributed by atoms with E-state index in [9.17, 15) is 0 Å².